The molecule has 0 spiro atoms. The Hall–Kier alpha value is -2.25. The molecular formula is C23H33N5O2. The highest BCUT2D eigenvalue weighted by Gasteiger charge is 2.29. The number of hydrogen-bond acceptors (Lipinski definition) is 5. The summed E-state index contributed by atoms with van der Waals surface area (Å²) in [7, 11) is 4.00. The van der Waals surface area contributed by atoms with Gasteiger partial charge < -0.3 is 14.7 Å². The van der Waals surface area contributed by atoms with Crippen molar-refractivity contribution in [1.82, 2.24) is 14.8 Å². The minimum absolute atomic E-state index is 0.104. The molecule has 1 unspecified atom stereocenters. The van der Waals surface area contributed by atoms with Crippen LogP contribution in [0.15, 0.2) is 23.3 Å². The van der Waals surface area contributed by atoms with E-state index in [1.807, 2.05) is 19.2 Å². The molecular weight excluding hydrogens is 378 g/mol. The number of rotatable bonds is 5. The lowest BCUT2D eigenvalue weighted by Crippen LogP contribution is -2.45. The molecule has 3 heterocycles. The van der Waals surface area contributed by atoms with Gasteiger partial charge in [-0.1, -0.05) is 13.0 Å². The van der Waals surface area contributed by atoms with Crippen LogP contribution >= 0.6 is 0 Å². The van der Waals surface area contributed by atoms with E-state index in [4.69, 9.17) is 5.10 Å². The highest BCUT2D eigenvalue weighted by molar-refractivity contribution is 6.06. The van der Waals surface area contributed by atoms with Gasteiger partial charge in [0.1, 0.15) is 0 Å². The lowest BCUT2D eigenvalue weighted by Gasteiger charge is -2.33. The highest BCUT2D eigenvalue weighted by atomic mass is 16.2. The Morgan fingerprint density at radius 1 is 1.00 bits per heavy atom. The second-order valence-electron chi connectivity index (χ2n) is 8.90. The number of hydrogen-bond donors (Lipinski definition) is 0. The Labute approximate surface area is 179 Å². The second kappa shape index (κ2) is 8.86. The Morgan fingerprint density at radius 3 is 2.53 bits per heavy atom. The Bertz CT molecular complexity index is 844. The number of fused-ring (bicyclic) bond motifs is 1. The van der Waals surface area contributed by atoms with Crippen LogP contribution in [0.2, 0.25) is 0 Å². The molecule has 3 aliphatic rings. The normalized spacial score (nSPS) is 23.6. The Morgan fingerprint density at radius 2 is 1.77 bits per heavy atom. The quantitative estimate of drug-likeness (QED) is 0.742. The van der Waals surface area contributed by atoms with E-state index in [0.717, 1.165) is 62.5 Å². The van der Waals surface area contributed by atoms with Crippen LogP contribution < -0.4 is 4.90 Å². The zero-order valence-corrected chi connectivity index (χ0v) is 18.4. The molecule has 30 heavy (non-hydrogen) atoms. The second-order valence-corrected chi connectivity index (χ2v) is 8.90. The zero-order valence-electron chi connectivity index (χ0n) is 18.4. The van der Waals surface area contributed by atoms with Crippen LogP contribution in [0.25, 0.3) is 0 Å². The monoisotopic (exact) mass is 411 g/mol. The van der Waals surface area contributed by atoms with Gasteiger partial charge in [-0.15, -0.1) is 0 Å². The first-order valence-electron chi connectivity index (χ1n) is 11.1. The van der Waals surface area contributed by atoms with Crippen LogP contribution in [-0.2, 0) is 16.0 Å². The number of anilines is 1. The third-order valence-electron chi connectivity index (χ3n) is 6.62. The van der Waals surface area contributed by atoms with Crippen LogP contribution in [0.1, 0.15) is 37.3 Å². The fourth-order valence-corrected chi connectivity index (χ4v) is 4.60. The van der Waals surface area contributed by atoms with Crippen molar-refractivity contribution in [1.29, 1.82) is 0 Å². The standard InChI is InChI=1S/C23H33N5O2/c1-17-15-22(30)28(10-4-9-27-13-11-25(2)12-14-27)24-23(17)19-5-7-20-18(16-19)6-8-21(29)26(20)3/h5,7,16-17H,4,6,8-15H2,1-3H3. The lowest BCUT2D eigenvalue weighted by molar-refractivity contribution is -0.132. The van der Waals surface area contributed by atoms with E-state index in [1.54, 1.807) is 9.91 Å². The maximum atomic E-state index is 12.6. The third kappa shape index (κ3) is 4.42. The molecule has 1 fully saturated rings. The Balaban J connectivity index is 1.44. The van der Waals surface area contributed by atoms with Crippen molar-refractivity contribution < 1.29 is 9.59 Å². The maximum absolute atomic E-state index is 12.6. The van der Waals surface area contributed by atoms with E-state index in [0.29, 0.717) is 19.4 Å². The van der Waals surface area contributed by atoms with E-state index in [2.05, 4.69) is 29.8 Å². The van der Waals surface area contributed by atoms with Crippen LogP contribution in [-0.4, -0.2) is 85.7 Å². The van der Waals surface area contributed by atoms with Gasteiger partial charge in [0.05, 0.1) is 5.71 Å². The topological polar surface area (TPSA) is 59.5 Å². The summed E-state index contributed by atoms with van der Waals surface area (Å²) in [5, 5.41) is 6.47. The molecule has 7 nitrogen and oxygen atoms in total. The first-order valence-corrected chi connectivity index (χ1v) is 11.1. The Kier molecular flexibility index (Phi) is 6.20. The smallest absolute Gasteiger partial charge is 0.243 e. The molecule has 162 valence electrons. The van der Waals surface area contributed by atoms with Crippen LogP contribution in [0.4, 0.5) is 5.69 Å². The molecule has 1 aromatic carbocycles. The first kappa shape index (κ1) is 21.0. The molecule has 0 aromatic heterocycles. The molecule has 1 aromatic rings. The van der Waals surface area contributed by atoms with Gasteiger partial charge in [0.25, 0.3) is 0 Å². The number of aryl methyl sites for hydroxylation is 1. The molecule has 2 amide bonds. The number of hydrazone groups is 1. The fraction of sp³-hybridized carbons (Fsp3) is 0.609. The molecule has 1 saturated heterocycles. The number of carbonyl (C=O) groups is 2. The molecule has 3 aliphatic heterocycles. The van der Waals surface area contributed by atoms with Crippen molar-refractivity contribution >= 4 is 23.2 Å². The van der Waals surface area contributed by atoms with Crippen LogP contribution in [0.5, 0.6) is 0 Å². The number of likely N-dealkylation sites (N-methyl/N-ethyl adjacent to an activating group) is 1. The summed E-state index contributed by atoms with van der Waals surface area (Å²) in [4.78, 5) is 31.1. The molecule has 0 aliphatic carbocycles. The molecule has 0 saturated carbocycles. The number of amides is 2. The number of carbonyl (C=O) groups excluding carboxylic acids is 2. The van der Waals surface area contributed by atoms with Gasteiger partial charge in [-0.3, -0.25) is 9.59 Å². The maximum Gasteiger partial charge on any atom is 0.243 e. The molecule has 0 N–H and O–H groups in total. The van der Waals surface area contributed by atoms with E-state index < -0.39 is 0 Å². The van der Waals surface area contributed by atoms with Gasteiger partial charge in [0.2, 0.25) is 11.8 Å². The average molecular weight is 412 g/mol. The van der Waals surface area contributed by atoms with Crippen molar-refractivity contribution in [2.24, 2.45) is 11.0 Å². The SMILES string of the molecule is CC1CC(=O)N(CCCN2CCN(C)CC2)N=C1c1ccc2c(c1)CCC(=O)N2C. The van der Waals surface area contributed by atoms with Gasteiger partial charge in [-0.2, -0.15) is 5.10 Å². The van der Waals surface area contributed by atoms with E-state index in [1.165, 1.54) is 5.56 Å². The number of nitrogens with zero attached hydrogens (tertiary/aromatic N) is 5. The van der Waals surface area contributed by atoms with Crippen molar-refractivity contribution in [2.75, 3.05) is 58.3 Å². The number of benzene rings is 1. The van der Waals surface area contributed by atoms with Crippen molar-refractivity contribution in [3.05, 3.63) is 29.3 Å². The fourth-order valence-electron chi connectivity index (χ4n) is 4.60. The summed E-state index contributed by atoms with van der Waals surface area (Å²) in [6.45, 7) is 8.18. The van der Waals surface area contributed by atoms with E-state index in [-0.39, 0.29) is 17.7 Å². The van der Waals surface area contributed by atoms with Crippen molar-refractivity contribution in [3.8, 4) is 0 Å². The minimum atomic E-state index is 0.104. The molecule has 1 atom stereocenters. The lowest BCUT2D eigenvalue weighted by atomic mass is 9.90. The summed E-state index contributed by atoms with van der Waals surface area (Å²) < 4.78 is 0. The predicted octanol–water partition coefficient (Wildman–Crippen LogP) is 1.81. The minimum Gasteiger partial charge on any atom is -0.315 e. The summed E-state index contributed by atoms with van der Waals surface area (Å²) in [6, 6.07) is 6.22. The summed E-state index contributed by atoms with van der Waals surface area (Å²) in [5.74, 6) is 0.385. The largest absolute Gasteiger partial charge is 0.315 e. The summed E-state index contributed by atoms with van der Waals surface area (Å²) >= 11 is 0. The zero-order chi connectivity index (χ0) is 21.3. The highest BCUT2D eigenvalue weighted by Crippen LogP contribution is 2.30. The van der Waals surface area contributed by atoms with Gasteiger partial charge in [-0.25, -0.2) is 5.01 Å². The van der Waals surface area contributed by atoms with Gasteiger partial charge in [0.15, 0.2) is 0 Å². The first-order chi connectivity index (χ1) is 14.4. The van der Waals surface area contributed by atoms with E-state index in [9.17, 15) is 9.59 Å². The summed E-state index contributed by atoms with van der Waals surface area (Å²) in [6.07, 6.45) is 2.76. The average Bonchev–Trinajstić information content (AvgIpc) is 2.73. The molecule has 0 bridgehead atoms. The van der Waals surface area contributed by atoms with Crippen LogP contribution in [0, 0.1) is 5.92 Å². The van der Waals surface area contributed by atoms with Crippen LogP contribution in [0.3, 0.4) is 0 Å². The number of piperazine rings is 1. The summed E-state index contributed by atoms with van der Waals surface area (Å²) in [5.41, 5.74) is 4.22. The van der Waals surface area contributed by atoms with Crippen molar-refractivity contribution in [3.63, 3.8) is 0 Å². The van der Waals surface area contributed by atoms with Gasteiger partial charge in [-0.05, 0) is 43.1 Å². The van der Waals surface area contributed by atoms with Gasteiger partial charge in [0, 0.05) is 70.8 Å². The third-order valence-corrected chi connectivity index (χ3v) is 6.62. The van der Waals surface area contributed by atoms with Crippen molar-refractivity contribution in [2.45, 2.75) is 32.6 Å². The molecule has 7 heteroatoms. The predicted molar refractivity (Wildman–Crippen MR) is 119 cm³/mol. The van der Waals surface area contributed by atoms with Gasteiger partial charge >= 0.3 is 0 Å². The van der Waals surface area contributed by atoms with E-state index >= 15 is 0 Å². The molecule has 0 radical (unpaired) electrons. The molecule has 4 rings (SSSR count).